The predicted molar refractivity (Wildman–Crippen MR) is 5.40 cm³/mol. The van der Waals surface area contributed by atoms with Crippen LogP contribution in [0.1, 0.15) is 0 Å². The summed E-state index contributed by atoms with van der Waals surface area (Å²) in [6.45, 7) is 0. The molecule has 3 nitrogen and oxygen atoms in total. The van der Waals surface area contributed by atoms with Crippen molar-refractivity contribution in [2.24, 2.45) is 0 Å². The molecule has 0 heterocycles. The van der Waals surface area contributed by atoms with Gasteiger partial charge in [-0.1, -0.05) is 0 Å². The largest absolute Gasteiger partial charge is 2.00 e. The first-order chi connectivity index (χ1) is 1.73. The molecule has 0 rings (SSSR count). The van der Waals surface area contributed by atoms with Crippen LogP contribution >= 0.6 is 0 Å². The van der Waals surface area contributed by atoms with Gasteiger partial charge in [0.05, 0.1) is 0 Å². The van der Waals surface area contributed by atoms with Crippen molar-refractivity contribution in [1.29, 1.82) is 0 Å². The second-order valence-corrected chi connectivity index (χ2v) is 0.250. The van der Waals surface area contributed by atoms with Crippen molar-refractivity contribution in [3.05, 3.63) is 0 Å². The molecule has 0 spiro atoms. The van der Waals surface area contributed by atoms with Gasteiger partial charge in [0, 0.05) is 0 Å². The van der Waals surface area contributed by atoms with Gasteiger partial charge in [-0.3, -0.25) is 0 Å². The molecule has 0 radical (unpaired) electrons. The number of carboxylic acid groups (broad SMARTS) is 2. The summed E-state index contributed by atoms with van der Waals surface area (Å²) in [7, 11) is 0. The Bertz CT molecular complexity index is 29.9. The molecule has 0 aromatic rings. The third-order valence-electron chi connectivity index (χ3n) is 0. The van der Waals surface area contributed by atoms with Crippen LogP contribution in [0, 0.1) is 0 Å². The Morgan fingerprint density at radius 1 is 1.40 bits per heavy atom. The van der Waals surface area contributed by atoms with E-state index >= 15 is 0 Å². The molecule has 0 fully saturated rings. The summed E-state index contributed by atoms with van der Waals surface area (Å²) in [6, 6.07) is 0. The van der Waals surface area contributed by atoms with E-state index in [4.69, 9.17) is 15.0 Å². The molecule has 0 aliphatic rings. The molecule has 0 aromatic heterocycles. The molecule has 4 heteroatoms. The van der Waals surface area contributed by atoms with Crippen molar-refractivity contribution in [2.75, 3.05) is 0 Å². The fraction of sp³-hybridized carbons (Fsp3) is 0. The number of carbonyl (C=O) groups excluding carboxylic acids is 1. The van der Waals surface area contributed by atoms with Crippen LogP contribution in [-0.2, 0) is 27.3 Å². The van der Waals surface area contributed by atoms with Crippen molar-refractivity contribution in [2.45, 2.75) is 0 Å². The molecule has 0 aliphatic carbocycles. The van der Waals surface area contributed by atoms with Crippen molar-refractivity contribution >= 4 is 6.16 Å². The molecule has 5 heavy (non-hydrogen) atoms. The Morgan fingerprint density at radius 2 is 1.40 bits per heavy atom. The first kappa shape index (κ1) is 8.95. The molecule has 0 bridgehead atoms. The number of rotatable bonds is 0. The fourth-order valence-corrected chi connectivity index (χ4v) is 0. The number of carbonyl (C=O) groups is 1. The standard InChI is InChI=1S/CH2O3.Cd/c2-1(3)4;/h(H2,2,3,4);/q;+2/p-2. The van der Waals surface area contributed by atoms with Gasteiger partial charge in [0.2, 0.25) is 0 Å². The van der Waals surface area contributed by atoms with Gasteiger partial charge in [0.1, 0.15) is 0 Å². The maximum atomic E-state index is 8.33. The van der Waals surface area contributed by atoms with Crippen LogP contribution < -0.4 is 10.2 Å². The van der Waals surface area contributed by atoms with Crippen LogP contribution in [0.2, 0.25) is 0 Å². The van der Waals surface area contributed by atoms with Crippen LogP contribution in [0.15, 0.2) is 0 Å². The molecule has 0 atom stereocenters. The Hall–Kier alpha value is 0.192. The minimum Gasteiger partial charge on any atom is -0.652 e. The van der Waals surface area contributed by atoms with E-state index in [0.29, 0.717) is 0 Å². The normalized spacial score (nSPS) is 4.80. The topological polar surface area (TPSA) is 63.2 Å². The maximum absolute atomic E-state index is 8.33. The molecule has 0 aliphatic heterocycles. The second kappa shape index (κ2) is 4.19. The van der Waals surface area contributed by atoms with Gasteiger partial charge in [-0.2, -0.15) is 0 Å². The molecule has 24 valence electrons. The summed E-state index contributed by atoms with van der Waals surface area (Å²) >= 11 is 0. The van der Waals surface area contributed by atoms with E-state index in [1.165, 1.54) is 0 Å². The zero-order valence-electron chi connectivity index (χ0n) is 2.43. The Balaban J connectivity index is 0. The molecular formula is CCdO3. The molecule has 0 unspecified atom stereocenters. The molecule has 0 aromatic carbocycles. The molecule has 0 N–H and O–H groups in total. The Morgan fingerprint density at radius 3 is 1.40 bits per heavy atom. The van der Waals surface area contributed by atoms with Gasteiger partial charge in [-0.15, -0.1) is 0 Å². The van der Waals surface area contributed by atoms with E-state index in [9.17, 15) is 0 Å². The average Bonchev–Trinajstić information content (AvgIpc) is 0.811. The Kier molecular flexibility index (Phi) is 7.51. The van der Waals surface area contributed by atoms with Gasteiger partial charge in [-0.05, 0) is 6.16 Å². The van der Waals surface area contributed by atoms with Gasteiger partial charge in [-0.25, -0.2) is 0 Å². The predicted octanol–water partition coefficient (Wildman–Crippen LogP) is -2.45. The van der Waals surface area contributed by atoms with E-state index in [1.807, 2.05) is 0 Å². The van der Waals surface area contributed by atoms with E-state index in [2.05, 4.69) is 0 Å². The zero-order chi connectivity index (χ0) is 3.58. The van der Waals surface area contributed by atoms with Gasteiger partial charge < -0.3 is 15.0 Å². The quantitative estimate of drug-likeness (QED) is 0.381. The molecule has 0 saturated carbocycles. The summed E-state index contributed by atoms with van der Waals surface area (Å²) < 4.78 is 0. The first-order valence-corrected chi connectivity index (χ1v) is 0.612. The van der Waals surface area contributed by atoms with Gasteiger partial charge >= 0.3 is 27.3 Å². The van der Waals surface area contributed by atoms with Crippen molar-refractivity contribution in [3.63, 3.8) is 0 Å². The third kappa shape index (κ3) is 546. The average molecular weight is 172 g/mol. The van der Waals surface area contributed by atoms with Gasteiger partial charge in [0.25, 0.3) is 0 Å². The molecule has 0 amide bonds. The van der Waals surface area contributed by atoms with Crippen molar-refractivity contribution in [1.82, 2.24) is 0 Å². The summed E-state index contributed by atoms with van der Waals surface area (Å²) in [5.74, 6) is 0. The van der Waals surface area contributed by atoms with Crippen LogP contribution in [0.3, 0.4) is 0 Å². The molecular weight excluding hydrogens is 172 g/mol. The van der Waals surface area contributed by atoms with Gasteiger partial charge in [0.15, 0.2) is 0 Å². The summed E-state index contributed by atoms with van der Waals surface area (Å²) in [5, 5.41) is 16.7. The van der Waals surface area contributed by atoms with Crippen LogP contribution in [0.25, 0.3) is 0 Å². The van der Waals surface area contributed by atoms with E-state index in [0.717, 1.165) is 0 Å². The van der Waals surface area contributed by atoms with Crippen LogP contribution in [0.5, 0.6) is 0 Å². The number of hydrogen-bond acceptors (Lipinski definition) is 3. The monoisotopic (exact) mass is 174 g/mol. The van der Waals surface area contributed by atoms with Crippen LogP contribution in [0.4, 0.5) is 4.79 Å². The Labute approximate surface area is 48.8 Å². The zero-order valence-corrected chi connectivity index (χ0v) is 6.47. The maximum Gasteiger partial charge on any atom is 2.00 e. The van der Waals surface area contributed by atoms with E-state index in [1.54, 1.807) is 0 Å². The number of hydrogen-bond donors (Lipinski definition) is 0. The van der Waals surface area contributed by atoms with Crippen LogP contribution in [-0.4, -0.2) is 6.16 Å². The fourth-order valence-electron chi connectivity index (χ4n) is 0. The summed E-state index contributed by atoms with van der Waals surface area (Å²) in [6.07, 6.45) is -2.33. The van der Waals surface area contributed by atoms with Crippen molar-refractivity contribution in [3.8, 4) is 0 Å². The minimum atomic E-state index is -2.33. The smallest absolute Gasteiger partial charge is 0.652 e. The van der Waals surface area contributed by atoms with Crippen molar-refractivity contribution < 1.29 is 42.3 Å². The summed E-state index contributed by atoms with van der Waals surface area (Å²) in [4.78, 5) is 8.33. The molecule has 0 saturated heterocycles. The van der Waals surface area contributed by atoms with E-state index in [-0.39, 0.29) is 27.3 Å². The van der Waals surface area contributed by atoms with E-state index < -0.39 is 6.16 Å². The SMILES string of the molecule is O=C([O-])[O-].[Cd+2]. The summed E-state index contributed by atoms with van der Waals surface area (Å²) in [5.41, 5.74) is 0. The second-order valence-electron chi connectivity index (χ2n) is 0.250. The third-order valence-corrected chi connectivity index (χ3v) is 0. The first-order valence-electron chi connectivity index (χ1n) is 0.612. The minimum absolute atomic E-state index is 0.